The Balaban J connectivity index is 1.30. The number of hydrogen-bond acceptors (Lipinski definition) is 13. The molecule has 19 heteroatoms. The lowest BCUT2D eigenvalue weighted by molar-refractivity contribution is -0.143. The fourth-order valence-corrected chi connectivity index (χ4v) is 5.95. The first kappa shape index (κ1) is 46.3. The predicted molar refractivity (Wildman–Crippen MR) is 202 cm³/mol. The van der Waals surface area contributed by atoms with Gasteiger partial charge in [0.25, 0.3) is 15.9 Å². The predicted octanol–water partition coefficient (Wildman–Crippen LogP) is 4.41. The molecule has 1 amide bonds. The largest absolute Gasteiger partial charge is 0.481 e. The number of aryl methyl sites for hydroxylation is 1. The van der Waals surface area contributed by atoms with Crippen LogP contribution in [0.1, 0.15) is 67.3 Å². The molecule has 0 atom stereocenters. The topological polar surface area (TPSA) is 239 Å². The zero-order valence-corrected chi connectivity index (χ0v) is 32.3. The summed E-state index contributed by atoms with van der Waals surface area (Å²) in [6.45, 7) is 0.998. The van der Waals surface area contributed by atoms with E-state index in [2.05, 4.69) is 20.0 Å². The number of carbonyl (C=O) groups excluding carboxylic acids is 2. The summed E-state index contributed by atoms with van der Waals surface area (Å²) in [4.78, 5) is 53.0. The van der Waals surface area contributed by atoms with Gasteiger partial charge in [0.15, 0.2) is 5.78 Å². The fourth-order valence-electron chi connectivity index (χ4n) is 5.00. The number of ether oxygens (including phenoxy) is 5. The minimum Gasteiger partial charge on any atom is -0.481 e. The summed E-state index contributed by atoms with van der Waals surface area (Å²) in [5.41, 5.74) is 0.580. The molecule has 0 aliphatic rings. The average molecular weight is 821 g/mol. The summed E-state index contributed by atoms with van der Waals surface area (Å²) in [7, 11) is -4.09. The van der Waals surface area contributed by atoms with Crippen molar-refractivity contribution >= 4 is 39.6 Å². The number of carboxylic acid groups (broad SMARTS) is 2. The summed E-state index contributed by atoms with van der Waals surface area (Å²) in [5.74, 6) is -2.34. The van der Waals surface area contributed by atoms with Crippen LogP contribution in [-0.2, 0) is 49.8 Å². The maximum absolute atomic E-state index is 14.4. The van der Waals surface area contributed by atoms with E-state index in [1.54, 1.807) is 6.07 Å². The molecule has 3 rings (SSSR count). The number of nitrogens with zero attached hydrogens (tertiary/aromatic N) is 2. The van der Waals surface area contributed by atoms with Crippen LogP contribution in [0.15, 0.2) is 59.8 Å². The molecule has 1 aromatic heterocycles. The first-order valence-electron chi connectivity index (χ1n) is 18.4. The second kappa shape index (κ2) is 26.0. The van der Waals surface area contributed by atoms with E-state index in [1.165, 1.54) is 48.8 Å². The molecule has 3 aromatic rings. The number of ketones is 1. The van der Waals surface area contributed by atoms with Crippen LogP contribution in [-0.4, -0.2) is 112 Å². The first-order chi connectivity index (χ1) is 27.4. The Hall–Kier alpha value is -5.08. The molecule has 57 heavy (non-hydrogen) atoms. The molecule has 2 aromatic carbocycles. The van der Waals surface area contributed by atoms with E-state index < -0.39 is 27.9 Å². The molecule has 0 aliphatic carbocycles. The number of Topliss-reactive ketones (excluding diaryl/α,β-unsaturated/α-hetero) is 1. The van der Waals surface area contributed by atoms with Crippen LogP contribution in [0.5, 0.6) is 11.5 Å². The quantitative estimate of drug-likeness (QED) is 0.0658. The lowest BCUT2D eigenvalue weighted by Crippen LogP contribution is -2.28. The van der Waals surface area contributed by atoms with Crippen molar-refractivity contribution < 1.29 is 65.9 Å². The van der Waals surface area contributed by atoms with Gasteiger partial charge in [-0.15, -0.1) is 0 Å². The van der Waals surface area contributed by atoms with Crippen LogP contribution in [0.3, 0.4) is 0 Å². The normalized spacial score (nSPS) is 11.2. The van der Waals surface area contributed by atoms with Crippen LogP contribution < -0.4 is 14.8 Å². The lowest BCUT2D eigenvalue weighted by Gasteiger charge is -2.11. The SMILES string of the molecule is O=C(O)CCCCCCCc1cc(Oc2ccc(S(=O)(=O)Nc3ncc(C(=O)NCCOCCOCC(=O)CCCOCCOCC(=O)O)cn3)cc2)ccc1F. The zero-order chi connectivity index (χ0) is 41.3. The minimum atomic E-state index is -4.09. The second-order valence-electron chi connectivity index (χ2n) is 12.5. The number of carbonyl (C=O) groups is 4. The second-order valence-corrected chi connectivity index (χ2v) is 14.2. The lowest BCUT2D eigenvalue weighted by atomic mass is 10.0. The number of nitrogens with one attached hydrogen (secondary N) is 2. The fraction of sp³-hybridized carbons (Fsp3) is 0.474. The van der Waals surface area contributed by atoms with Gasteiger partial charge in [0, 0.05) is 38.4 Å². The van der Waals surface area contributed by atoms with Crippen LogP contribution in [0.25, 0.3) is 0 Å². The molecule has 312 valence electrons. The summed E-state index contributed by atoms with van der Waals surface area (Å²) in [6, 6.07) is 9.96. The molecule has 0 saturated heterocycles. The Morgan fingerprint density at radius 3 is 2.02 bits per heavy atom. The highest BCUT2D eigenvalue weighted by Crippen LogP contribution is 2.26. The molecular formula is C38H49FN4O13S. The van der Waals surface area contributed by atoms with E-state index in [0.29, 0.717) is 42.9 Å². The summed E-state index contributed by atoms with van der Waals surface area (Å²) >= 11 is 0. The number of halogens is 1. The maximum atomic E-state index is 14.4. The van der Waals surface area contributed by atoms with Crippen LogP contribution in [0, 0.1) is 5.82 Å². The number of sulfonamides is 1. The number of benzene rings is 2. The Morgan fingerprint density at radius 2 is 1.32 bits per heavy atom. The number of carboxylic acids is 2. The van der Waals surface area contributed by atoms with Gasteiger partial charge in [-0.1, -0.05) is 19.3 Å². The van der Waals surface area contributed by atoms with Crippen molar-refractivity contribution in [2.75, 3.05) is 64.1 Å². The Labute approximate surface area is 330 Å². The van der Waals surface area contributed by atoms with Crippen molar-refractivity contribution in [1.82, 2.24) is 15.3 Å². The number of unbranched alkanes of at least 4 members (excludes halogenated alkanes) is 4. The van der Waals surface area contributed by atoms with Crippen molar-refractivity contribution in [1.29, 1.82) is 0 Å². The molecule has 0 spiro atoms. The standard InChI is InChI=1S/C38H49FN4O13S/c39-34-15-12-32(23-28(34)7-4-2-1-3-5-9-35(45)46)56-31-10-13-33(14-11-31)57(50,51)43-38-41-24-29(25-42-38)37(49)40-16-18-53-20-21-54-26-30(44)8-6-17-52-19-22-55-27-36(47)48/h10-15,23-25H,1-9,16-22,26-27H2,(H,40,49)(H,45,46)(H,47,48)(H,41,42,43). The molecule has 17 nitrogen and oxygen atoms in total. The molecule has 0 saturated carbocycles. The van der Waals surface area contributed by atoms with E-state index in [1.807, 2.05) is 0 Å². The van der Waals surface area contributed by atoms with Gasteiger partial charge in [-0.2, -0.15) is 0 Å². The molecule has 0 bridgehead atoms. The van der Waals surface area contributed by atoms with Gasteiger partial charge in [-0.25, -0.2) is 32.3 Å². The Kier molecular flexibility index (Phi) is 21.1. The monoisotopic (exact) mass is 820 g/mol. The minimum absolute atomic E-state index is 0.0708. The van der Waals surface area contributed by atoms with Crippen LogP contribution in [0.4, 0.5) is 10.3 Å². The average Bonchev–Trinajstić information content (AvgIpc) is 3.17. The van der Waals surface area contributed by atoms with E-state index in [0.717, 1.165) is 25.7 Å². The van der Waals surface area contributed by atoms with E-state index in [-0.39, 0.29) is 93.6 Å². The van der Waals surface area contributed by atoms with Crippen molar-refractivity contribution in [3.63, 3.8) is 0 Å². The molecule has 0 radical (unpaired) electrons. The third kappa shape index (κ3) is 19.6. The number of aromatic nitrogens is 2. The molecule has 1 heterocycles. The van der Waals surface area contributed by atoms with Crippen molar-refractivity contribution in [2.24, 2.45) is 0 Å². The maximum Gasteiger partial charge on any atom is 0.329 e. The van der Waals surface area contributed by atoms with E-state index in [4.69, 9.17) is 33.9 Å². The van der Waals surface area contributed by atoms with Gasteiger partial charge in [0.2, 0.25) is 5.95 Å². The number of amides is 1. The van der Waals surface area contributed by atoms with E-state index >= 15 is 0 Å². The Bertz CT molecular complexity index is 1810. The van der Waals surface area contributed by atoms with Crippen LogP contribution in [0.2, 0.25) is 0 Å². The number of hydrogen-bond donors (Lipinski definition) is 4. The first-order valence-corrected chi connectivity index (χ1v) is 19.9. The van der Waals surface area contributed by atoms with Gasteiger partial charge in [-0.3, -0.25) is 14.4 Å². The number of rotatable bonds is 31. The summed E-state index contributed by atoms with van der Waals surface area (Å²) < 4.78 is 69.2. The Morgan fingerprint density at radius 1 is 0.684 bits per heavy atom. The van der Waals surface area contributed by atoms with Gasteiger partial charge in [0.05, 0.1) is 43.5 Å². The number of anilines is 1. The molecule has 0 aliphatic heterocycles. The molecule has 0 fully saturated rings. The van der Waals surface area contributed by atoms with Crippen LogP contribution >= 0.6 is 0 Å². The molecule has 0 unspecified atom stereocenters. The van der Waals surface area contributed by atoms with Gasteiger partial charge in [-0.05, 0) is 73.7 Å². The van der Waals surface area contributed by atoms with Crippen molar-refractivity contribution in [3.05, 3.63) is 71.8 Å². The smallest absolute Gasteiger partial charge is 0.329 e. The number of aliphatic carboxylic acids is 2. The van der Waals surface area contributed by atoms with E-state index in [9.17, 15) is 32.0 Å². The highest BCUT2D eigenvalue weighted by Gasteiger charge is 2.17. The van der Waals surface area contributed by atoms with Crippen molar-refractivity contribution in [3.8, 4) is 11.5 Å². The third-order valence-electron chi connectivity index (χ3n) is 7.87. The van der Waals surface area contributed by atoms with Gasteiger partial charge >= 0.3 is 11.9 Å². The van der Waals surface area contributed by atoms with Crippen molar-refractivity contribution in [2.45, 2.75) is 62.7 Å². The van der Waals surface area contributed by atoms with Gasteiger partial charge in [0.1, 0.15) is 30.5 Å². The highest BCUT2D eigenvalue weighted by molar-refractivity contribution is 7.92. The molecule has 4 N–H and O–H groups in total. The zero-order valence-electron chi connectivity index (χ0n) is 31.5. The van der Waals surface area contributed by atoms with Gasteiger partial charge < -0.3 is 39.2 Å². The summed E-state index contributed by atoms with van der Waals surface area (Å²) in [5, 5.41) is 19.8. The summed E-state index contributed by atoms with van der Waals surface area (Å²) in [6.07, 6.45) is 7.65. The third-order valence-corrected chi connectivity index (χ3v) is 9.22. The molecular weight excluding hydrogens is 771 g/mol. The highest BCUT2D eigenvalue weighted by atomic mass is 32.2.